The average Bonchev–Trinajstić information content (AvgIpc) is 2.60. The van der Waals surface area contributed by atoms with E-state index in [1.54, 1.807) is 6.07 Å². The highest BCUT2D eigenvalue weighted by atomic mass is 32.2. The number of hydrogen-bond donors (Lipinski definition) is 0. The van der Waals surface area contributed by atoms with Crippen LogP contribution in [0.5, 0.6) is 5.75 Å². The van der Waals surface area contributed by atoms with Crippen molar-refractivity contribution in [1.82, 2.24) is 4.90 Å². The summed E-state index contributed by atoms with van der Waals surface area (Å²) in [7, 11) is -3.92. The molecule has 146 valence electrons. The normalized spacial score (nSPS) is 11.9. The summed E-state index contributed by atoms with van der Waals surface area (Å²) in [4.78, 5) is 12.7. The topological polar surface area (TPSA) is 63.7 Å². The van der Waals surface area contributed by atoms with Crippen molar-refractivity contribution in [3.8, 4) is 5.75 Å². The zero-order chi connectivity index (χ0) is 20.2. The Labute approximate surface area is 155 Å². The van der Waals surface area contributed by atoms with Crippen molar-refractivity contribution < 1.29 is 31.1 Å². The van der Waals surface area contributed by atoms with E-state index in [1.165, 1.54) is 11.9 Å². The maximum atomic E-state index is 12.5. The van der Waals surface area contributed by atoms with Crippen molar-refractivity contribution >= 4 is 15.7 Å². The molecule has 0 aliphatic rings. The fourth-order valence-electron chi connectivity index (χ4n) is 2.24. The summed E-state index contributed by atoms with van der Waals surface area (Å²) in [5.74, 6) is 0.205. The summed E-state index contributed by atoms with van der Waals surface area (Å²) < 4.78 is 65.8. The minimum Gasteiger partial charge on any atom is -0.492 e. The SMILES string of the molecule is Cc1cccc(OCCN(C)C(=O)c2ccc(S(=O)(=O)C(F)(F)F)cc2)c1. The highest BCUT2D eigenvalue weighted by Crippen LogP contribution is 2.30. The summed E-state index contributed by atoms with van der Waals surface area (Å²) in [5.41, 5.74) is -4.28. The molecule has 0 heterocycles. The van der Waals surface area contributed by atoms with Gasteiger partial charge in [0.05, 0.1) is 11.4 Å². The number of halogens is 3. The van der Waals surface area contributed by atoms with Crippen LogP contribution in [0, 0.1) is 6.92 Å². The Morgan fingerprint density at radius 2 is 1.74 bits per heavy atom. The maximum Gasteiger partial charge on any atom is 0.501 e. The molecular formula is C18H18F3NO4S. The Kier molecular flexibility index (Phi) is 6.15. The Balaban J connectivity index is 1.98. The van der Waals surface area contributed by atoms with Crippen LogP contribution in [0.25, 0.3) is 0 Å². The minimum absolute atomic E-state index is 0.0779. The second kappa shape index (κ2) is 7.99. The second-order valence-electron chi connectivity index (χ2n) is 5.87. The van der Waals surface area contributed by atoms with Crippen LogP contribution in [0.3, 0.4) is 0 Å². The number of nitrogens with zero attached hydrogens (tertiary/aromatic N) is 1. The van der Waals surface area contributed by atoms with E-state index in [1.807, 2.05) is 25.1 Å². The van der Waals surface area contributed by atoms with Crippen LogP contribution in [0.15, 0.2) is 53.4 Å². The van der Waals surface area contributed by atoms with Gasteiger partial charge in [-0.15, -0.1) is 0 Å². The van der Waals surface area contributed by atoms with Crippen LogP contribution >= 0.6 is 0 Å². The lowest BCUT2D eigenvalue weighted by Gasteiger charge is -2.18. The molecule has 0 N–H and O–H groups in total. The van der Waals surface area contributed by atoms with E-state index in [9.17, 15) is 26.4 Å². The second-order valence-corrected chi connectivity index (χ2v) is 7.81. The molecule has 2 rings (SSSR count). The number of amides is 1. The molecule has 0 saturated carbocycles. The number of sulfone groups is 1. The molecule has 2 aromatic rings. The monoisotopic (exact) mass is 401 g/mol. The third kappa shape index (κ3) is 5.00. The molecule has 27 heavy (non-hydrogen) atoms. The van der Waals surface area contributed by atoms with Crippen LogP contribution in [-0.2, 0) is 9.84 Å². The van der Waals surface area contributed by atoms with Crippen molar-refractivity contribution in [2.45, 2.75) is 17.3 Å². The number of carbonyl (C=O) groups is 1. The predicted octanol–water partition coefficient (Wildman–Crippen LogP) is 3.44. The molecule has 0 aromatic heterocycles. The molecule has 0 fully saturated rings. The molecule has 0 aliphatic heterocycles. The van der Waals surface area contributed by atoms with E-state index in [-0.39, 0.29) is 18.7 Å². The molecule has 0 atom stereocenters. The standard InChI is InChI=1S/C18H18F3NO4S/c1-13-4-3-5-15(12-13)26-11-10-22(2)17(23)14-6-8-16(9-7-14)27(24,25)18(19,20)21/h3-9,12H,10-11H2,1-2H3. The van der Waals surface area contributed by atoms with Gasteiger partial charge in [-0.1, -0.05) is 12.1 Å². The number of carbonyl (C=O) groups excluding carboxylic acids is 1. The molecular weight excluding hydrogens is 383 g/mol. The summed E-state index contributed by atoms with van der Waals surface area (Å²) in [5, 5.41) is 0. The van der Waals surface area contributed by atoms with E-state index in [2.05, 4.69) is 0 Å². The van der Waals surface area contributed by atoms with Crippen LogP contribution in [0.2, 0.25) is 0 Å². The smallest absolute Gasteiger partial charge is 0.492 e. The van der Waals surface area contributed by atoms with Gasteiger partial charge in [0, 0.05) is 12.6 Å². The summed E-state index contributed by atoms with van der Waals surface area (Å²) in [6, 6.07) is 11.1. The third-order valence-corrected chi connectivity index (χ3v) is 5.25. The molecule has 0 aliphatic carbocycles. The van der Waals surface area contributed by atoms with Gasteiger partial charge in [-0.05, 0) is 48.9 Å². The third-order valence-electron chi connectivity index (χ3n) is 3.75. The molecule has 2 aromatic carbocycles. The van der Waals surface area contributed by atoms with E-state index in [0.717, 1.165) is 29.8 Å². The molecule has 0 bridgehead atoms. The number of benzene rings is 2. The fraction of sp³-hybridized carbons (Fsp3) is 0.278. The van der Waals surface area contributed by atoms with Gasteiger partial charge >= 0.3 is 5.51 Å². The Bertz CT molecular complexity index is 909. The predicted molar refractivity (Wildman–Crippen MR) is 93.3 cm³/mol. The highest BCUT2D eigenvalue weighted by molar-refractivity contribution is 7.92. The number of hydrogen-bond acceptors (Lipinski definition) is 4. The Hall–Kier alpha value is -2.55. The number of aryl methyl sites for hydroxylation is 1. The van der Waals surface area contributed by atoms with Gasteiger partial charge in [0.1, 0.15) is 12.4 Å². The first-order valence-electron chi connectivity index (χ1n) is 7.89. The Morgan fingerprint density at radius 1 is 1.11 bits per heavy atom. The lowest BCUT2D eigenvalue weighted by atomic mass is 10.2. The number of ether oxygens (including phenoxy) is 1. The number of rotatable bonds is 6. The van der Waals surface area contributed by atoms with Crippen molar-refractivity contribution in [3.63, 3.8) is 0 Å². The maximum absolute atomic E-state index is 12.5. The lowest BCUT2D eigenvalue weighted by molar-refractivity contribution is -0.0436. The Morgan fingerprint density at radius 3 is 2.30 bits per heavy atom. The first kappa shape index (κ1) is 20.8. The van der Waals surface area contributed by atoms with E-state index < -0.39 is 26.1 Å². The average molecular weight is 401 g/mol. The van der Waals surface area contributed by atoms with E-state index >= 15 is 0 Å². The van der Waals surface area contributed by atoms with Gasteiger partial charge in [0.2, 0.25) is 0 Å². The van der Waals surface area contributed by atoms with Gasteiger partial charge in [-0.25, -0.2) is 8.42 Å². The van der Waals surface area contributed by atoms with Gasteiger partial charge in [-0.2, -0.15) is 13.2 Å². The van der Waals surface area contributed by atoms with Gasteiger partial charge in [0.25, 0.3) is 15.7 Å². The first-order valence-corrected chi connectivity index (χ1v) is 9.37. The van der Waals surface area contributed by atoms with Gasteiger partial charge in [0.15, 0.2) is 0 Å². The minimum atomic E-state index is -5.43. The lowest BCUT2D eigenvalue weighted by Crippen LogP contribution is -2.31. The summed E-state index contributed by atoms with van der Waals surface area (Å²) >= 11 is 0. The molecule has 0 spiro atoms. The fourth-order valence-corrected chi connectivity index (χ4v) is 3.00. The van der Waals surface area contributed by atoms with Crippen LogP contribution < -0.4 is 4.74 Å². The molecule has 5 nitrogen and oxygen atoms in total. The van der Waals surface area contributed by atoms with E-state index in [4.69, 9.17) is 4.74 Å². The number of likely N-dealkylation sites (N-methyl/N-ethyl adjacent to an activating group) is 1. The first-order chi connectivity index (χ1) is 12.5. The van der Waals surface area contributed by atoms with Gasteiger partial charge < -0.3 is 9.64 Å². The largest absolute Gasteiger partial charge is 0.501 e. The van der Waals surface area contributed by atoms with Crippen LogP contribution in [0.1, 0.15) is 15.9 Å². The molecule has 0 saturated heterocycles. The van der Waals surface area contributed by atoms with Crippen molar-refractivity contribution in [2.24, 2.45) is 0 Å². The molecule has 9 heteroatoms. The van der Waals surface area contributed by atoms with Crippen molar-refractivity contribution in [1.29, 1.82) is 0 Å². The molecule has 0 radical (unpaired) electrons. The summed E-state index contributed by atoms with van der Waals surface area (Å²) in [6.45, 7) is 2.40. The quantitative estimate of drug-likeness (QED) is 0.744. The van der Waals surface area contributed by atoms with Crippen molar-refractivity contribution in [2.75, 3.05) is 20.2 Å². The van der Waals surface area contributed by atoms with E-state index in [0.29, 0.717) is 5.75 Å². The van der Waals surface area contributed by atoms with Gasteiger partial charge in [-0.3, -0.25) is 4.79 Å². The number of alkyl halides is 3. The molecule has 1 amide bonds. The van der Waals surface area contributed by atoms with Crippen LogP contribution in [-0.4, -0.2) is 44.9 Å². The molecule has 0 unspecified atom stereocenters. The zero-order valence-electron chi connectivity index (χ0n) is 14.7. The summed E-state index contributed by atoms with van der Waals surface area (Å²) in [6.07, 6.45) is 0. The highest BCUT2D eigenvalue weighted by Gasteiger charge is 2.46. The van der Waals surface area contributed by atoms with Crippen LogP contribution in [0.4, 0.5) is 13.2 Å². The zero-order valence-corrected chi connectivity index (χ0v) is 15.5. The van der Waals surface area contributed by atoms with Crippen molar-refractivity contribution in [3.05, 3.63) is 59.7 Å².